The highest BCUT2D eigenvalue weighted by atomic mass is 127. The summed E-state index contributed by atoms with van der Waals surface area (Å²) in [5.41, 5.74) is 0. The Labute approximate surface area is 74.0 Å². The minimum absolute atomic E-state index is 0.0128. The van der Waals surface area contributed by atoms with Gasteiger partial charge in [-0.25, -0.2) is 4.98 Å². The molecule has 3 heteroatoms. The maximum atomic E-state index is 7.36. The Hall–Kier alpha value is 0.360. The van der Waals surface area contributed by atoms with Crippen LogP contribution in [0.2, 0.25) is 0 Å². The van der Waals surface area contributed by atoms with Gasteiger partial charge in [-0.3, -0.25) is 0 Å². The third-order valence-electron chi connectivity index (χ3n) is 0.533. The topological polar surface area (TPSA) is 12.9 Å². The zero-order valence-corrected chi connectivity index (χ0v) is 7.45. The van der Waals surface area contributed by atoms with E-state index in [0.29, 0.717) is 8.17 Å². The molecule has 1 aromatic rings. The second-order valence-electron chi connectivity index (χ2n) is 1.08. The van der Waals surface area contributed by atoms with Crippen molar-refractivity contribution in [2.75, 3.05) is 0 Å². The summed E-state index contributed by atoms with van der Waals surface area (Å²) in [5.74, 6) is 0. The van der Waals surface area contributed by atoms with Crippen molar-refractivity contribution < 1.29 is 4.11 Å². The highest BCUT2D eigenvalue weighted by Crippen LogP contribution is 2.08. The lowest BCUT2D eigenvalue weighted by Gasteiger charge is -1.86. The number of hydrogen-bond acceptors (Lipinski definition) is 1. The molecule has 0 spiro atoms. The molecule has 0 aliphatic heterocycles. The molecule has 0 unspecified atom stereocenters. The number of nitrogens with zero attached hydrogens (tertiary/aromatic N) is 1. The van der Waals surface area contributed by atoms with Gasteiger partial charge >= 0.3 is 0 Å². The molecule has 0 bridgehead atoms. The van der Waals surface area contributed by atoms with Gasteiger partial charge in [0, 0.05) is 9.74 Å². The quantitative estimate of drug-likeness (QED) is 0.527. The SMILES string of the molecule is [2H]c1nc(Br)c([2H])c(I)c1[2H]. The average Bonchev–Trinajstić information content (AvgIpc) is 1.97. The first-order valence-corrected chi connectivity index (χ1v) is 3.70. The fourth-order valence-electron chi connectivity index (χ4n) is 0.276. The van der Waals surface area contributed by atoms with Crippen molar-refractivity contribution in [2.45, 2.75) is 0 Å². The van der Waals surface area contributed by atoms with E-state index in [1.165, 1.54) is 0 Å². The van der Waals surface area contributed by atoms with Crippen LogP contribution in [-0.4, -0.2) is 4.98 Å². The Morgan fingerprint density at radius 2 is 2.62 bits per heavy atom. The summed E-state index contributed by atoms with van der Waals surface area (Å²) in [5, 5.41) is 0. The van der Waals surface area contributed by atoms with E-state index in [4.69, 9.17) is 4.11 Å². The van der Waals surface area contributed by atoms with Crippen LogP contribution >= 0.6 is 38.5 Å². The molecule has 0 radical (unpaired) electrons. The molecular weight excluding hydrogens is 281 g/mol. The molecule has 1 aromatic heterocycles. The fourth-order valence-corrected chi connectivity index (χ4v) is 1.31. The van der Waals surface area contributed by atoms with Crippen molar-refractivity contribution >= 4 is 38.5 Å². The van der Waals surface area contributed by atoms with Gasteiger partial charge in [0.05, 0.1) is 4.11 Å². The monoisotopic (exact) mass is 286 g/mol. The Balaban J connectivity index is 3.46. The van der Waals surface area contributed by atoms with Crippen LogP contribution in [0.3, 0.4) is 0 Å². The Kier molecular flexibility index (Phi) is 1.22. The zero-order valence-electron chi connectivity index (χ0n) is 6.70. The summed E-state index contributed by atoms with van der Waals surface area (Å²) in [6.45, 7) is 0. The third-order valence-corrected chi connectivity index (χ3v) is 1.45. The molecule has 0 aromatic carbocycles. The first kappa shape index (κ1) is 3.51. The Morgan fingerprint density at radius 3 is 3.38 bits per heavy atom. The van der Waals surface area contributed by atoms with Gasteiger partial charge in [0.1, 0.15) is 4.60 Å². The van der Waals surface area contributed by atoms with Crippen LogP contribution in [0.5, 0.6) is 0 Å². The van der Waals surface area contributed by atoms with Crippen molar-refractivity contribution in [3.05, 3.63) is 26.4 Å². The van der Waals surface area contributed by atoms with E-state index in [-0.39, 0.29) is 18.3 Å². The lowest BCUT2D eigenvalue weighted by Crippen LogP contribution is -1.73. The zero-order chi connectivity index (χ0) is 8.59. The van der Waals surface area contributed by atoms with E-state index in [1.54, 1.807) is 0 Å². The van der Waals surface area contributed by atoms with Crippen molar-refractivity contribution in [1.82, 2.24) is 4.98 Å². The van der Waals surface area contributed by atoms with Crippen LogP contribution in [0, 0.1) is 3.57 Å². The van der Waals surface area contributed by atoms with Crippen molar-refractivity contribution in [2.24, 2.45) is 0 Å². The van der Waals surface area contributed by atoms with Crippen molar-refractivity contribution in [3.63, 3.8) is 0 Å². The number of pyridine rings is 1. The van der Waals surface area contributed by atoms with Gasteiger partial charge in [0.2, 0.25) is 0 Å². The van der Waals surface area contributed by atoms with E-state index in [2.05, 4.69) is 20.9 Å². The predicted molar refractivity (Wildman–Crippen MR) is 44.7 cm³/mol. The summed E-state index contributed by atoms with van der Waals surface area (Å²) in [7, 11) is 0. The number of halogens is 2. The van der Waals surface area contributed by atoms with Gasteiger partial charge < -0.3 is 0 Å². The van der Waals surface area contributed by atoms with Crippen LogP contribution in [0.4, 0.5) is 0 Å². The fraction of sp³-hybridized carbons (Fsp3) is 0. The standard InChI is InChI=1S/C5H3BrIN/c6-5-3-4(7)1-2-8-5/h1-3H/i1D,2D,3D. The normalized spacial score (nSPS) is 14.5. The highest BCUT2D eigenvalue weighted by Gasteiger charge is 1.85. The lowest BCUT2D eigenvalue weighted by molar-refractivity contribution is 1.26. The first-order valence-electron chi connectivity index (χ1n) is 3.33. The second kappa shape index (κ2) is 2.77. The third kappa shape index (κ3) is 1.70. The summed E-state index contributed by atoms with van der Waals surface area (Å²) < 4.78 is 22.6. The van der Waals surface area contributed by atoms with Crippen molar-refractivity contribution in [3.8, 4) is 0 Å². The summed E-state index contributed by atoms with van der Waals surface area (Å²) >= 11 is 4.88. The molecule has 1 heterocycles. The van der Waals surface area contributed by atoms with Gasteiger partial charge in [-0.2, -0.15) is 0 Å². The smallest absolute Gasteiger partial charge is 0.107 e. The van der Waals surface area contributed by atoms with Crippen LogP contribution in [-0.2, 0) is 0 Å². The molecule has 0 aliphatic carbocycles. The van der Waals surface area contributed by atoms with Crippen LogP contribution in [0.15, 0.2) is 22.9 Å². The van der Waals surface area contributed by atoms with E-state index in [1.807, 2.05) is 22.6 Å². The van der Waals surface area contributed by atoms with Crippen LogP contribution in [0.1, 0.15) is 4.11 Å². The van der Waals surface area contributed by atoms with E-state index in [9.17, 15) is 0 Å². The maximum Gasteiger partial charge on any atom is 0.107 e. The molecule has 42 valence electrons. The molecule has 0 N–H and O–H groups in total. The van der Waals surface area contributed by atoms with E-state index in [0.717, 1.165) is 0 Å². The van der Waals surface area contributed by atoms with Gasteiger partial charge in [0.25, 0.3) is 0 Å². The summed E-state index contributed by atoms with van der Waals surface area (Å²) in [6.07, 6.45) is -0.0997. The molecule has 0 saturated heterocycles. The van der Waals surface area contributed by atoms with E-state index < -0.39 is 0 Å². The summed E-state index contributed by atoms with van der Waals surface area (Å²) in [6, 6.07) is 0.186. The predicted octanol–water partition coefficient (Wildman–Crippen LogP) is 2.45. The number of hydrogen-bond donors (Lipinski definition) is 0. The summed E-state index contributed by atoms with van der Waals surface area (Å²) in [4.78, 5) is 3.64. The van der Waals surface area contributed by atoms with Gasteiger partial charge in [-0.1, -0.05) is 0 Å². The molecule has 8 heavy (non-hydrogen) atoms. The number of rotatable bonds is 0. The highest BCUT2D eigenvalue weighted by molar-refractivity contribution is 14.1. The average molecular weight is 287 g/mol. The van der Waals surface area contributed by atoms with E-state index >= 15 is 0 Å². The molecule has 0 fully saturated rings. The molecule has 0 saturated carbocycles. The van der Waals surface area contributed by atoms with Crippen LogP contribution < -0.4 is 0 Å². The van der Waals surface area contributed by atoms with Crippen LogP contribution in [0.25, 0.3) is 0 Å². The largest absolute Gasteiger partial charge is 0.249 e. The first-order chi connectivity index (χ1) is 5.04. The van der Waals surface area contributed by atoms with Gasteiger partial charge in [-0.05, 0) is 50.6 Å². The second-order valence-corrected chi connectivity index (χ2v) is 2.91. The number of aromatic nitrogens is 1. The van der Waals surface area contributed by atoms with Gasteiger partial charge in [0.15, 0.2) is 0 Å². The molecule has 0 atom stereocenters. The molecular formula is C5H3BrIN. The Morgan fingerprint density at radius 1 is 1.88 bits per heavy atom. The maximum absolute atomic E-state index is 7.36. The minimum Gasteiger partial charge on any atom is -0.249 e. The molecule has 0 aliphatic rings. The lowest BCUT2D eigenvalue weighted by atomic mass is 10.5. The molecule has 0 amide bonds. The minimum atomic E-state index is -0.0997. The van der Waals surface area contributed by atoms with Gasteiger partial charge in [-0.15, -0.1) is 0 Å². The molecule has 1 nitrogen and oxygen atoms in total. The van der Waals surface area contributed by atoms with Crippen molar-refractivity contribution in [1.29, 1.82) is 0 Å². The molecule has 1 rings (SSSR count). The Bertz CT molecular complexity index is 278.